The molecule has 4 aliphatic rings. The van der Waals surface area contributed by atoms with Crippen molar-refractivity contribution >= 4 is 25.1 Å². The molecule has 5 rings (SSSR count). The summed E-state index contributed by atoms with van der Waals surface area (Å²) in [6, 6.07) is 11.4. The number of hydrogen-bond acceptors (Lipinski definition) is 0. The van der Waals surface area contributed by atoms with Crippen LogP contribution in [0.25, 0.3) is 0 Å². The molecule has 0 spiro atoms. The monoisotopic (exact) mass is 654 g/mol. The van der Waals surface area contributed by atoms with Crippen molar-refractivity contribution in [3.05, 3.63) is 50.7 Å². The molecule has 4 aliphatic carbocycles. The summed E-state index contributed by atoms with van der Waals surface area (Å²) in [5, 5.41) is 0. The number of fused-ring (bicyclic) bond motifs is 2. The van der Waals surface area contributed by atoms with Crippen molar-refractivity contribution < 1.29 is 20.8 Å². The molecule has 4 saturated carbocycles. The van der Waals surface area contributed by atoms with Crippen LogP contribution < -0.4 is 0 Å². The molecule has 0 heterocycles. The van der Waals surface area contributed by atoms with Gasteiger partial charge in [0.1, 0.15) is 0 Å². The molecular formula is C34H58Cl2SiZr. The van der Waals surface area contributed by atoms with Crippen molar-refractivity contribution in [3.63, 3.8) is 0 Å². The second-order valence-corrected chi connectivity index (χ2v) is 22.5. The van der Waals surface area contributed by atoms with Gasteiger partial charge in [0.15, 0.2) is 0 Å². The summed E-state index contributed by atoms with van der Waals surface area (Å²) >= 11 is -0.826. The molecular weight excluding hydrogens is 599 g/mol. The van der Waals surface area contributed by atoms with Gasteiger partial charge in [-0.1, -0.05) is 109 Å². The Bertz CT molecular complexity index is 786. The van der Waals surface area contributed by atoms with E-state index in [0.717, 1.165) is 52.5 Å². The quantitative estimate of drug-likeness (QED) is 0.202. The van der Waals surface area contributed by atoms with Crippen molar-refractivity contribution in [3.8, 4) is 0 Å². The van der Waals surface area contributed by atoms with Gasteiger partial charge in [-0.15, -0.1) is 0 Å². The predicted molar refractivity (Wildman–Crippen MR) is 171 cm³/mol. The summed E-state index contributed by atoms with van der Waals surface area (Å²) in [6.07, 6.45) is 20.0. The Morgan fingerprint density at radius 3 is 1.74 bits per heavy atom. The van der Waals surface area contributed by atoms with Gasteiger partial charge in [-0.05, 0) is 90.2 Å². The molecule has 216 valence electrons. The SMILES string of the molecule is CCCC1CC([Si](C)(C)C2CC(CC(C)c3ccccc3)C3CCCCC32)C2CCCCC12.[CH3-].[CH3-].[Cl][Zr+2][Cl]. The average Bonchev–Trinajstić information content (AvgIpc) is 3.45. The van der Waals surface area contributed by atoms with E-state index in [1.807, 2.05) is 0 Å². The van der Waals surface area contributed by atoms with Crippen molar-refractivity contribution in [2.24, 2.45) is 35.5 Å². The molecule has 0 N–H and O–H groups in total. The van der Waals surface area contributed by atoms with Gasteiger partial charge in [0.05, 0.1) is 8.07 Å². The van der Waals surface area contributed by atoms with Crippen molar-refractivity contribution in [2.75, 3.05) is 0 Å². The Hall–Kier alpha value is 0.900. The van der Waals surface area contributed by atoms with E-state index in [0.29, 0.717) is 0 Å². The first-order chi connectivity index (χ1) is 17.4. The normalized spacial score (nSPS) is 34.8. The molecule has 0 aromatic heterocycles. The fraction of sp³-hybridized carbons (Fsp3) is 0.765. The molecule has 0 radical (unpaired) electrons. The number of rotatable bonds is 7. The fourth-order valence-corrected chi connectivity index (χ4v) is 15.6. The van der Waals surface area contributed by atoms with E-state index in [1.54, 1.807) is 44.1 Å². The van der Waals surface area contributed by atoms with E-state index in [4.69, 9.17) is 17.0 Å². The topological polar surface area (TPSA) is 0 Å². The van der Waals surface area contributed by atoms with Crippen molar-refractivity contribution in [1.82, 2.24) is 0 Å². The first-order valence-electron chi connectivity index (χ1n) is 15.4. The van der Waals surface area contributed by atoms with Crippen LogP contribution in [0.5, 0.6) is 0 Å². The zero-order chi connectivity index (χ0) is 25.7. The molecule has 0 nitrogen and oxygen atoms in total. The first kappa shape index (κ1) is 35.1. The van der Waals surface area contributed by atoms with E-state index in [9.17, 15) is 0 Å². The second-order valence-electron chi connectivity index (χ2n) is 13.7. The van der Waals surface area contributed by atoms with Gasteiger partial charge >= 0.3 is 37.9 Å². The van der Waals surface area contributed by atoms with Gasteiger partial charge in [0, 0.05) is 0 Å². The summed E-state index contributed by atoms with van der Waals surface area (Å²) < 4.78 is 0. The molecule has 38 heavy (non-hydrogen) atoms. The molecule has 0 saturated heterocycles. The van der Waals surface area contributed by atoms with E-state index < -0.39 is 28.9 Å². The van der Waals surface area contributed by atoms with Crippen LogP contribution in [0.1, 0.15) is 109 Å². The molecule has 4 fully saturated rings. The van der Waals surface area contributed by atoms with Gasteiger partial charge < -0.3 is 14.9 Å². The third kappa shape index (κ3) is 7.84. The minimum atomic E-state index is -1.30. The van der Waals surface area contributed by atoms with Gasteiger partial charge in [-0.25, -0.2) is 0 Å². The molecule has 9 atom stereocenters. The zero-order valence-corrected chi connectivity index (χ0v) is 30.5. The van der Waals surface area contributed by atoms with Gasteiger partial charge in [0.2, 0.25) is 0 Å². The Labute approximate surface area is 257 Å². The Balaban J connectivity index is 0.000000969. The summed E-state index contributed by atoms with van der Waals surface area (Å²) in [7, 11) is 8.57. The number of hydrogen-bond donors (Lipinski definition) is 0. The maximum atomic E-state index is 4.93. The molecule has 0 amide bonds. The summed E-state index contributed by atoms with van der Waals surface area (Å²) in [4.78, 5) is 0. The van der Waals surface area contributed by atoms with Crippen LogP contribution in [-0.2, 0) is 20.8 Å². The summed E-state index contributed by atoms with van der Waals surface area (Å²) in [6.45, 7) is 10.8. The molecule has 1 aromatic carbocycles. The maximum absolute atomic E-state index is 4.93. The summed E-state index contributed by atoms with van der Waals surface area (Å²) in [5.41, 5.74) is 3.83. The van der Waals surface area contributed by atoms with Crippen LogP contribution >= 0.6 is 17.0 Å². The number of halogens is 2. The fourth-order valence-electron chi connectivity index (χ4n) is 10.2. The predicted octanol–water partition coefficient (Wildman–Crippen LogP) is 12.4. The van der Waals surface area contributed by atoms with Crippen LogP contribution in [0.3, 0.4) is 0 Å². The first-order valence-corrected chi connectivity index (χ1v) is 24.9. The Morgan fingerprint density at radius 2 is 1.24 bits per heavy atom. The van der Waals surface area contributed by atoms with Crippen LogP contribution in [0, 0.1) is 50.4 Å². The van der Waals surface area contributed by atoms with Crippen molar-refractivity contribution in [1.29, 1.82) is 0 Å². The Kier molecular flexibility index (Phi) is 15.3. The molecule has 1 aromatic rings. The van der Waals surface area contributed by atoms with Gasteiger partial charge in [0.25, 0.3) is 0 Å². The average molecular weight is 657 g/mol. The number of benzene rings is 1. The van der Waals surface area contributed by atoms with Crippen LogP contribution in [0.4, 0.5) is 0 Å². The van der Waals surface area contributed by atoms with E-state index in [-0.39, 0.29) is 14.9 Å². The Morgan fingerprint density at radius 1 is 0.789 bits per heavy atom. The van der Waals surface area contributed by atoms with Crippen LogP contribution in [0.2, 0.25) is 24.2 Å². The van der Waals surface area contributed by atoms with E-state index in [1.165, 1.54) is 44.9 Å². The second kappa shape index (κ2) is 16.5. The standard InChI is InChI=1S/C32H52Si.2CH3.2ClH.Zr/c1-5-13-25-21-31(29-18-11-9-16-27(25)29)33(3,4)32-22-26(28-17-10-12-19-30(28)32)20-23(2)24-14-7-6-8-15-24;;;;;/h6-8,14-15,23,25-32H,5,9-13,16-22H2,1-4H3;2*1H3;2*1H;/q;2*-1;;;+4/p-2. The van der Waals surface area contributed by atoms with Crippen LogP contribution in [-0.4, -0.2) is 8.07 Å². The third-order valence-electron chi connectivity index (χ3n) is 11.7. The van der Waals surface area contributed by atoms with Crippen molar-refractivity contribution in [2.45, 2.75) is 127 Å². The minimum absolute atomic E-state index is 0. The van der Waals surface area contributed by atoms with Crippen LogP contribution in [0.15, 0.2) is 30.3 Å². The molecule has 9 unspecified atom stereocenters. The van der Waals surface area contributed by atoms with Gasteiger partial charge in [-0.2, -0.15) is 0 Å². The zero-order valence-electron chi connectivity index (χ0n) is 25.5. The third-order valence-corrected chi connectivity index (χ3v) is 16.9. The van der Waals surface area contributed by atoms with E-state index in [2.05, 4.69) is 57.3 Å². The molecule has 4 heteroatoms. The van der Waals surface area contributed by atoms with E-state index >= 15 is 0 Å². The summed E-state index contributed by atoms with van der Waals surface area (Å²) in [5.74, 6) is 7.16. The van der Waals surface area contributed by atoms with Gasteiger partial charge in [-0.3, -0.25) is 0 Å². The molecule has 0 aliphatic heterocycles. The molecule has 0 bridgehead atoms.